The van der Waals surface area contributed by atoms with Crippen LogP contribution in [0, 0.1) is 5.92 Å². The van der Waals surface area contributed by atoms with Gasteiger partial charge >= 0.3 is 0 Å². The molecular formula is C13H26N2. The van der Waals surface area contributed by atoms with Crippen molar-refractivity contribution in [3.63, 3.8) is 0 Å². The molecule has 0 spiro atoms. The molecule has 0 aromatic heterocycles. The van der Waals surface area contributed by atoms with Gasteiger partial charge in [0.05, 0.1) is 0 Å². The fourth-order valence-corrected chi connectivity index (χ4v) is 3.45. The minimum atomic E-state index is 0.293. The fourth-order valence-electron chi connectivity index (χ4n) is 3.45. The van der Waals surface area contributed by atoms with E-state index in [0.717, 1.165) is 18.5 Å². The predicted molar refractivity (Wildman–Crippen MR) is 64.8 cm³/mol. The summed E-state index contributed by atoms with van der Waals surface area (Å²) in [7, 11) is 0. The van der Waals surface area contributed by atoms with Crippen LogP contribution in [0.25, 0.3) is 0 Å². The maximum atomic E-state index is 5.99. The average molecular weight is 210 g/mol. The highest BCUT2D eigenvalue weighted by Crippen LogP contribution is 2.35. The van der Waals surface area contributed by atoms with Gasteiger partial charge in [0.15, 0.2) is 0 Å². The molecule has 2 nitrogen and oxygen atoms in total. The van der Waals surface area contributed by atoms with Gasteiger partial charge in [-0.3, -0.25) is 0 Å². The van der Waals surface area contributed by atoms with E-state index in [0.29, 0.717) is 5.54 Å². The van der Waals surface area contributed by atoms with Crippen molar-refractivity contribution in [2.45, 2.75) is 69.9 Å². The number of nitrogens with two attached hydrogens (primary N) is 1. The first-order valence-corrected chi connectivity index (χ1v) is 6.72. The highest BCUT2D eigenvalue weighted by molar-refractivity contribution is 4.98. The standard InChI is InChI=1S/C13H26N2/c1-11-7-8-13(9-11,10-14)15-12-5-3-2-4-6-12/h11-12,15H,2-10,14H2,1H3. The molecule has 3 N–H and O–H groups in total. The van der Waals surface area contributed by atoms with E-state index in [-0.39, 0.29) is 0 Å². The molecule has 0 aromatic carbocycles. The summed E-state index contributed by atoms with van der Waals surface area (Å²) < 4.78 is 0. The van der Waals surface area contributed by atoms with E-state index in [9.17, 15) is 0 Å². The zero-order valence-electron chi connectivity index (χ0n) is 10.1. The predicted octanol–water partition coefficient (Wildman–Crippen LogP) is 2.43. The SMILES string of the molecule is CC1CCC(CN)(NC2CCCCC2)C1. The second kappa shape index (κ2) is 4.84. The summed E-state index contributed by atoms with van der Waals surface area (Å²) in [4.78, 5) is 0. The highest BCUT2D eigenvalue weighted by Gasteiger charge is 2.37. The molecule has 2 atom stereocenters. The number of hydrogen-bond donors (Lipinski definition) is 2. The molecule has 0 aliphatic heterocycles. The Bertz CT molecular complexity index is 199. The van der Waals surface area contributed by atoms with Crippen LogP contribution in [0.2, 0.25) is 0 Å². The first-order valence-electron chi connectivity index (χ1n) is 6.72. The third kappa shape index (κ3) is 2.73. The zero-order chi connectivity index (χ0) is 10.7. The van der Waals surface area contributed by atoms with Gasteiger partial charge < -0.3 is 11.1 Å². The van der Waals surface area contributed by atoms with E-state index >= 15 is 0 Å². The van der Waals surface area contributed by atoms with Gasteiger partial charge in [-0.15, -0.1) is 0 Å². The molecule has 2 heteroatoms. The monoisotopic (exact) mass is 210 g/mol. The largest absolute Gasteiger partial charge is 0.329 e. The molecule has 0 saturated heterocycles. The van der Waals surface area contributed by atoms with Crippen molar-refractivity contribution in [3.05, 3.63) is 0 Å². The number of rotatable bonds is 3. The second-order valence-electron chi connectivity index (χ2n) is 5.81. The molecule has 15 heavy (non-hydrogen) atoms. The van der Waals surface area contributed by atoms with Crippen LogP contribution in [0.3, 0.4) is 0 Å². The lowest BCUT2D eigenvalue weighted by atomic mass is 9.89. The summed E-state index contributed by atoms with van der Waals surface area (Å²) >= 11 is 0. The topological polar surface area (TPSA) is 38.0 Å². The normalized spacial score (nSPS) is 38.4. The average Bonchev–Trinajstić information content (AvgIpc) is 2.62. The third-order valence-corrected chi connectivity index (χ3v) is 4.36. The van der Waals surface area contributed by atoms with Crippen molar-refractivity contribution in [1.82, 2.24) is 5.32 Å². The van der Waals surface area contributed by atoms with Crippen molar-refractivity contribution in [3.8, 4) is 0 Å². The summed E-state index contributed by atoms with van der Waals surface area (Å²) in [6.07, 6.45) is 10.9. The Hall–Kier alpha value is -0.0800. The van der Waals surface area contributed by atoms with Crippen LogP contribution in [-0.2, 0) is 0 Å². The molecule has 0 amide bonds. The smallest absolute Gasteiger partial charge is 0.0309 e. The van der Waals surface area contributed by atoms with Gasteiger partial charge in [-0.2, -0.15) is 0 Å². The molecular weight excluding hydrogens is 184 g/mol. The Balaban J connectivity index is 1.89. The zero-order valence-corrected chi connectivity index (χ0v) is 10.1. The number of nitrogens with one attached hydrogen (secondary N) is 1. The Morgan fingerprint density at radius 2 is 1.93 bits per heavy atom. The summed E-state index contributed by atoms with van der Waals surface area (Å²) in [6, 6.07) is 0.757. The molecule has 2 aliphatic carbocycles. The van der Waals surface area contributed by atoms with Gasteiger partial charge in [0.25, 0.3) is 0 Å². The van der Waals surface area contributed by atoms with E-state index in [1.807, 2.05) is 0 Å². The van der Waals surface area contributed by atoms with E-state index < -0.39 is 0 Å². The number of hydrogen-bond acceptors (Lipinski definition) is 2. The van der Waals surface area contributed by atoms with Crippen molar-refractivity contribution in [2.24, 2.45) is 11.7 Å². The van der Waals surface area contributed by atoms with Gasteiger partial charge in [0.1, 0.15) is 0 Å². The second-order valence-corrected chi connectivity index (χ2v) is 5.81. The van der Waals surface area contributed by atoms with Gasteiger partial charge in [0, 0.05) is 18.1 Å². The minimum absolute atomic E-state index is 0.293. The third-order valence-electron chi connectivity index (χ3n) is 4.36. The van der Waals surface area contributed by atoms with E-state index in [4.69, 9.17) is 5.73 Å². The molecule has 0 heterocycles. The lowest BCUT2D eigenvalue weighted by molar-refractivity contribution is 0.250. The Labute approximate surface area is 94.0 Å². The van der Waals surface area contributed by atoms with E-state index in [2.05, 4.69) is 12.2 Å². The van der Waals surface area contributed by atoms with E-state index in [1.54, 1.807) is 0 Å². The molecule has 2 saturated carbocycles. The van der Waals surface area contributed by atoms with Crippen molar-refractivity contribution in [2.75, 3.05) is 6.54 Å². The van der Waals surface area contributed by atoms with Crippen molar-refractivity contribution < 1.29 is 0 Å². The summed E-state index contributed by atoms with van der Waals surface area (Å²) in [6.45, 7) is 3.19. The van der Waals surface area contributed by atoms with Crippen molar-refractivity contribution >= 4 is 0 Å². The first-order chi connectivity index (χ1) is 7.24. The van der Waals surface area contributed by atoms with Crippen LogP contribution in [0.5, 0.6) is 0 Å². The quantitative estimate of drug-likeness (QED) is 0.751. The lowest BCUT2D eigenvalue weighted by Gasteiger charge is -2.36. The highest BCUT2D eigenvalue weighted by atomic mass is 15.0. The van der Waals surface area contributed by atoms with Crippen molar-refractivity contribution in [1.29, 1.82) is 0 Å². The van der Waals surface area contributed by atoms with Crippen LogP contribution in [0.1, 0.15) is 58.3 Å². The maximum absolute atomic E-state index is 5.99. The maximum Gasteiger partial charge on any atom is 0.0309 e. The van der Waals surface area contributed by atoms with Crippen LogP contribution in [0.15, 0.2) is 0 Å². The summed E-state index contributed by atoms with van der Waals surface area (Å²) in [5.74, 6) is 0.865. The van der Waals surface area contributed by atoms with E-state index in [1.165, 1.54) is 51.4 Å². The van der Waals surface area contributed by atoms with Gasteiger partial charge in [-0.1, -0.05) is 26.2 Å². The van der Waals surface area contributed by atoms with Crippen LogP contribution in [-0.4, -0.2) is 18.1 Å². The van der Waals surface area contributed by atoms with Gasteiger partial charge in [0.2, 0.25) is 0 Å². The summed E-state index contributed by atoms with van der Waals surface area (Å²) in [5, 5.41) is 3.89. The Morgan fingerprint density at radius 1 is 1.20 bits per heavy atom. The molecule has 88 valence electrons. The fraction of sp³-hybridized carbons (Fsp3) is 1.00. The summed E-state index contributed by atoms with van der Waals surface area (Å²) in [5.41, 5.74) is 6.28. The lowest BCUT2D eigenvalue weighted by Crippen LogP contribution is -2.54. The van der Waals surface area contributed by atoms with Crippen LogP contribution < -0.4 is 11.1 Å². The molecule has 0 radical (unpaired) electrons. The van der Waals surface area contributed by atoms with Crippen LogP contribution in [0.4, 0.5) is 0 Å². The first kappa shape index (κ1) is 11.4. The Morgan fingerprint density at radius 3 is 2.47 bits per heavy atom. The minimum Gasteiger partial charge on any atom is -0.329 e. The van der Waals surface area contributed by atoms with Crippen LogP contribution >= 0.6 is 0 Å². The Kier molecular flexibility index (Phi) is 3.68. The van der Waals surface area contributed by atoms with Gasteiger partial charge in [-0.25, -0.2) is 0 Å². The molecule has 2 fully saturated rings. The molecule has 2 rings (SSSR count). The molecule has 0 aromatic rings. The van der Waals surface area contributed by atoms with Gasteiger partial charge in [-0.05, 0) is 38.0 Å². The molecule has 2 unspecified atom stereocenters. The molecule has 0 bridgehead atoms. The molecule has 2 aliphatic rings.